The fourth-order valence-corrected chi connectivity index (χ4v) is 4.36. The minimum atomic E-state index is -0.699. The molecule has 1 heterocycles. The van der Waals surface area contributed by atoms with E-state index in [0.717, 1.165) is 50.9 Å². The van der Waals surface area contributed by atoms with Crippen molar-refractivity contribution in [3.63, 3.8) is 0 Å². The average Bonchev–Trinajstić information content (AvgIpc) is 3.03. The predicted octanol–water partition coefficient (Wildman–Crippen LogP) is 3.10. The van der Waals surface area contributed by atoms with E-state index in [2.05, 4.69) is 16.3 Å². The lowest BCUT2D eigenvalue weighted by molar-refractivity contribution is -0.140. The number of carbonyl (C=O) groups excluding carboxylic acids is 1. The Morgan fingerprint density at radius 1 is 1.35 bits per heavy atom. The summed E-state index contributed by atoms with van der Waals surface area (Å²) in [7, 11) is 0. The van der Waals surface area contributed by atoms with Gasteiger partial charge >= 0.3 is 0 Å². The van der Waals surface area contributed by atoms with E-state index in [-0.39, 0.29) is 5.91 Å². The zero-order valence-electron chi connectivity index (χ0n) is 16.3. The first kappa shape index (κ1) is 19.3. The summed E-state index contributed by atoms with van der Waals surface area (Å²) < 4.78 is 5.89. The van der Waals surface area contributed by atoms with Gasteiger partial charge in [0.05, 0.1) is 5.60 Å². The molecule has 0 bridgehead atoms. The maximum absolute atomic E-state index is 13.0. The molecule has 26 heavy (non-hydrogen) atoms. The number of benzene rings is 1. The molecule has 1 aliphatic heterocycles. The summed E-state index contributed by atoms with van der Waals surface area (Å²) in [4.78, 5) is 15.3. The van der Waals surface area contributed by atoms with Crippen LogP contribution in [0.2, 0.25) is 0 Å². The Kier molecular flexibility index (Phi) is 5.70. The van der Waals surface area contributed by atoms with Gasteiger partial charge in [0.1, 0.15) is 5.60 Å². The third-order valence-corrected chi connectivity index (χ3v) is 5.45. The van der Waals surface area contributed by atoms with Crippen molar-refractivity contribution in [3.05, 3.63) is 29.3 Å². The molecular formula is C21H32N2O3. The molecular weight excluding hydrogens is 328 g/mol. The number of amides is 1. The Labute approximate surface area is 156 Å². The molecule has 0 unspecified atom stereocenters. The molecule has 1 fully saturated rings. The number of carbonyl (C=O) groups is 1. The van der Waals surface area contributed by atoms with E-state index in [0.29, 0.717) is 13.2 Å². The van der Waals surface area contributed by atoms with Crippen molar-refractivity contribution < 1.29 is 14.6 Å². The molecule has 2 N–H and O–H groups in total. The third-order valence-electron chi connectivity index (χ3n) is 5.45. The highest BCUT2D eigenvalue weighted by Gasteiger charge is 2.42. The van der Waals surface area contributed by atoms with Gasteiger partial charge in [0.15, 0.2) is 0 Å². The number of rotatable bonds is 6. The summed E-state index contributed by atoms with van der Waals surface area (Å²) in [6, 6.07) is 6.12. The van der Waals surface area contributed by atoms with Crippen molar-refractivity contribution in [2.75, 3.05) is 25.0 Å². The summed E-state index contributed by atoms with van der Waals surface area (Å²) in [5, 5.41) is 13.2. The van der Waals surface area contributed by atoms with Crippen LogP contribution in [0.3, 0.4) is 0 Å². The van der Waals surface area contributed by atoms with E-state index in [4.69, 9.17) is 4.74 Å². The Hall–Kier alpha value is -1.43. The normalized spacial score (nSPS) is 20.0. The van der Waals surface area contributed by atoms with Gasteiger partial charge in [-0.25, -0.2) is 0 Å². The van der Waals surface area contributed by atoms with Crippen molar-refractivity contribution in [2.24, 2.45) is 0 Å². The van der Waals surface area contributed by atoms with Gasteiger partial charge in [0.2, 0.25) is 0 Å². The third kappa shape index (κ3) is 4.27. The molecule has 0 aromatic heterocycles. The smallest absolute Gasteiger partial charge is 0.256 e. The van der Waals surface area contributed by atoms with Gasteiger partial charge in [-0.3, -0.25) is 9.69 Å². The molecule has 3 rings (SSSR count). The predicted molar refractivity (Wildman–Crippen MR) is 103 cm³/mol. The van der Waals surface area contributed by atoms with Crippen LogP contribution < -0.4 is 5.32 Å². The van der Waals surface area contributed by atoms with Crippen molar-refractivity contribution >= 4 is 11.6 Å². The lowest BCUT2D eigenvalue weighted by Gasteiger charge is -2.34. The van der Waals surface area contributed by atoms with Gasteiger partial charge in [0.25, 0.3) is 5.91 Å². The second-order valence-electron chi connectivity index (χ2n) is 8.30. The summed E-state index contributed by atoms with van der Waals surface area (Å²) in [6.45, 7) is 8.54. The van der Waals surface area contributed by atoms with Crippen LogP contribution in [0.25, 0.3) is 0 Å². The molecule has 0 spiro atoms. The van der Waals surface area contributed by atoms with Crippen LogP contribution in [0.4, 0.5) is 5.69 Å². The number of aliphatic hydroxyl groups is 1. The van der Waals surface area contributed by atoms with Crippen LogP contribution in [0.15, 0.2) is 18.2 Å². The maximum atomic E-state index is 13.0. The minimum Gasteiger partial charge on any atom is -0.389 e. The van der Waals surface area contributed by atoms with Crippen molar-refractivity contribution in [1.82, 2.24) is 4.90 Å². The highest BCUT2D eigenvalue weighted by molar-refractivity contribution is 5.98. The monoisotopic (exact) mass is 360 g/mol. The first-order chi connectivity index (χ1) is 12.3. The maximum Gasteiger partial charge on any atom is 0.256 e. The van der Waals surface area contributed by atoms with E-state index in [1.54, 1.807) is 0 Å². The standard InChI is InChI=1S/C21H32N2O3/c1-4-26-21(11-5-6-12-21)19(24)22-18-9-7-8-16-14-23(13-10-17(16)18)15-20(2,3)25/h7-9,25H,4-6,10-15H2,1-3H3,(H,22,24). The first-order valence-corrected chi connectivity index (χ1v) is 9.84. The highest BCUT2D eigenvalue weighted by atomic mass is 16.5. The Morgan fingerprint density at radius 2 is 2.08 bits per heavy atom. The van der Waals surface area contributed by atoms with Crippen LogP contribution in [0, 0.1) is 0 Å². The van der Waals surface area contributed by atoms with E-state index >= 15 is 0 Å². The summed E-state index contributed by atoms with van der Waals surface area (Å²) in [5.74, 6) is 0.00386. The topological polar surface area (TPSA) is 61.8 Å². The molecule has 0 radical (unpaired) electrons. The number of nitrogens with zero attached hydrogens (tertiary/aromatic N) is 1. The molecule has 144 valence electrons. The molecule has 5 nitrogen and oxygen atoms in total. The zero-order valence-corrected chi connectivity index (χ0v) is 16.3. The van der Waals surface area contributed by atoms with Gasteiger partial charge in [-0.1, -0.05) is 12.1 Å². The van der Waals surface area contributed by atoms with Crippen molar-refractivity contribution in [2.45, 2.75) is 70.6 Å². The molecule has 1 aromatic carbocycles. The summed E-state index contributed by atoms with van der Waals surface area (Å²) in [6.07, 6.45) is 4.59. The molecule has 5 heteroatoms. The number of β-amino-alcohol motifs (C(OH)–C–C–N with tert-alkyl or cyclic N) is 1. The fraction of sp³-hybridized carbons (Fsp3) is 0.667. The summed E-state index contributed by atoms with van der Waals surface area (Å²) >= 11 is 0. The Morgan fingerprint density at radius 3 is 2.73 bits per heavy atom. The summed E-state index contributed by atoms with van der Waals surface area (Å²) in [5.41, 5.74) is 2.02. The van der Waals surface area contributed by atoms with E-state index in [9.17, 15) is 9.90 Å². The fourth-order valence-electron chi connectivity index (χ4n) is 4.36. The number of hydrogen-bond donors (Lipinski definition) is 2. The van der Waals surface area contributed by atoms with Crippen LogP contribution in [0.5, 0.6) is 0 Å². The SMILES string of the molecule is CCOC1(C(=O)Nc2cccc3c2CCN(CC(C)(C)O)C3)CCCC1. The number of hydrogen-bond acceptors (Lipinski definition) is 4. The van der Waals surface area contributed by atoms with Crippen molar-refractivity contribution in [3.8, 4) is 0 Å². The van der Waals surface area contributed by atoms with E-state index in [1.165, 1.54) is 11.1 Å². The number of nitrogens with one attached hydrogen (secondary N) is 1. The molecule has 2 aliphatic rings. The lowest BCUT2D eigenvalue weighted by Crippen LogP contribution is -2.44. The number of anilines is 1. The first-order valence-electron chi connectivity index (χ1n) is 9.84. The molecule has 1 aromatic rings. The van der Waals surface area contributed by atoms with Gasteiger partial charge in [-0.2, -0.15) is 0 Å². The van der Waals surface area contributed by atoms with Gasteiger partial charge in [-0.15, -0.1) is 0 Å². The lowest BCUT2D eigenvalue weighted by atomic mass is 9.95. The van der Waals surface area contributed by atoms with Crippen LogP contribution in [0.1, 0.15) is 57.6 Å². The van der Waals surface area contributed by atoms with Crippen LogP contribution in [-0.4, -0.2) is 46.8 Å². The zero-order chi connectivity index (χ0) is 18.8. The van der Waals surface area contributed by atoms with Crippen LogP contribution in [-0.2, 0) is 22.5 Å². The average molecular weight is 360 g/mol. The molecule has 1 saturated carbocycles. The number of fused-ring (bicyclic) bond motifs is 1. The van der Waals surface area contributed by atoms with Gasteiger partial charge < -0.3 is 15.2 Å². The highest BCUT2D eigenvalue weighted by Crippen LogP contribution is 2.35. The molecule has 0 atom stereocenters. The second-order valence-corrected chi connectivity index (χ2v) is 8.30. The van der Waals surface area contributed by atoms with E-state index < -0.39 is 11.2 Å². The van der Waals surface area contributed by atoms with Gasteiger partial charge in [0, 0.05) is 31.9 Å². The van der Waals surface area contributed by atoms with E-state index in [1.807, 2.05) is 32.9 Å². The van der Waals surface area contributed by atoms with Gasteiger partial charge in [-0.05, 0) is 70.1 Å². The van der Waals surface area contributed by atoms with Crippen LogP contribution >= 0.6 is 0 Å². The Balaban J connectivity index is 1.75. The molecule has 0 saturated heterocycles. The quantitative estimate of drug-likeness (QED) is 0.818. The number of ether oxygens (including phenoxy) is 1. The minimum absolute atomic E-state index is 0.00386. The Bertz CT molecular complexity index is 645. The molecule has 1 amide bonds. The second kappa shape index (κ2) is 7.67. The van der Waals surface area contributed by atoms with Crippen molar-refractivity contribution in [1.29, 1.82) is 0 Å². The largest absolute Gasteiger partial charge is 0.389 e. The molecule has 1 aliphatic carbocycles.